The van der Waals surface area contributed by atoms with Crippen molar-refractivity contribution in [2.24, 2.45) is 0 Å². The Hall–Kier alpha value is -1.81. The number of halogens is 1. The van der Waals surface area contributed by atoms with E-state index in [1.54, 1.807) is 31.3 Å². The third-order valence-electron chi connectivity index (χ3n) is 2.57. The van der Waals surface area contributed by atoms with Crippen LogP contribution in [-0.4, -0.2) is 24.2 Å². The summed E-state index contributed by atoms with van der Waals surface area (Å²) in [5.41, 5.74) is 4.81. The summed E-state index contributed by atoms with van der Waals surface area (Å²) in [6.07, 6.45) is 1.02. The number of hydrazine groups is 1. The van der Waals surface area contributed by atoms with Crippen molar-refractivity contribution < 1.29 is 9.59 Å². The summed E-state index contributed by atoms with van der Waals surface area (Å²) in [4.78, 5) is 22.0. The zero-order chi connectivity index (χ0) is 12.4. The molecule has 5 heteroatoms. The van der Waals surface area contributed by atoms with E-state index in [2.05, 4.69) is 5.43 Å². The summed E-state index contributed by atoms with van der Waals surface area (Å²) >= 11 is 6.13. The van der Waals surface area contributed by atoms with Crippen LogP contribution in [0.3, 0.4) is 0 Å². The van der Waals surface area contributed by atoms with Gasteiger partial charge in [0, 0.05) is 18.2 Å². The molecule has 0 saturated heterocycles. The van der Waals surface area contributed by atoms with Crippen molar-refractivity contribution in [1.82, 2.24) is 10.4 Å². The van der Waals surface area contributed by atoms with Crippen LogP contribution in [0.5, 0.6) is 0 Å². The molecule has 4 nitrogen and oxygen atoms in total. The molecular formula is C12H11ClN2O2. The summed E-state index contributed by atoms with van der Waals surface area (Å²) in [6, 6.07) is 6.97. The molecule has 0 unspecified atom stereocenters. The van der Waals surface area contributed by atoms with Gasteiger partial charge in [0.05, 0.1) is 6.42 Å². The first-order valence-corrected chi connectivity index (χ1v) is 5.47. The SMILES string of the molecule is CN1NC(=O)CC(c2ccc(C=O)cc2)=C1Cl. The summed E-state index contributed by atoms with van der Waals surface area (Å²) in [6.45, 7) is 0. The second-order valence-electron chi connectivity index (χ2n) is 3.78. The van der Waals surface area contributed by atoms with Gasteiger partial charge >= 0.3 is 0 Å². The maximum atomic E-state index is 11.4. The van der Waals surface area contributed by atoms with Crippen LogP contribution < -0.4 is 5.43 Å². The van der Waals surface area contributed by atoms with E-state index in [0.717, 1.165) is 17.4 Å². The summed E-state index contributed by atoms with van der Waals surface area (Å²) < 4.78 is 0. The smallest absolute Gasteiger partial charge is 0.243 e. The van der Waals surface area contributed by atoms with Gasteiger partial charge in [-0.3, -0.25) is 20.0 Å². The lowest BCUT2D eigenvalue weighted by atomic mass is 10.0. The molecule has 88 valence electrons. The second-order valence-corrected chi connectivity index (χ2v) is 4.14. The maximum absolute atomic E-state index is 11.4. The molecule has 0 radical (unpaired) electrons. The molecule has 0 aliphatic carbocycles. The van der Waals surface area contributed by atoms with Gasteiger partial charge < -0.3 is 0 Å². The molecule has 1 amide bonds. The van der Waals surface area contributed by atoms with Crippen LogP contribution in [0.1, 0.15) is 22.3 Å². The van der Waals surface area contributed by atoms with Gasteiger partial charge in [0.25, 0.3) is 0 Å². The largest absolute Gasteiger partial charge is 0.298 e. The highest BCUT2D eigenvalue weighted by Crippen LogP contribution is 2.28. The Morgan fingerprint density at radius 2 is 2.00 bits per heavy atom. The zero-order valence-corrected chi connectivity index (χ0v) is 9.99. The molecule has 0 atom stereocenters. The van der Waals surface area contributed by atoms with E-state index >= 15 is 0 Å². The molecule has 1 heterocycles. The highest BCUT2D eigenvalue weighted by atomic mass is 35.5. The van der Waals surface area contributed by atoms with Gasteiger partial charge in [0.15, 0.2) is 0 Å². The molecule has 1 aliphatic rings. The summed E-state index contributed by atoms with van der Waals surface area (Å²) in [7, 11) is 1.68. The Kier molecular flexibility index (Phi) is 3.15. The third-order valence-corrected chi connectivity index (χ3v) is 3.05. The molecule has 0 bridgehead atoms. The highest BCUT2D eigenvalue weighted by molar-refractivity contribution is 6.33. The van der Waals surface area contributed by atoms with Crippen LogP contribution in [0.15, 0.2) is 29.4 Å². The Bertz CT molecular complexity index is 494. The number of carbonyl (C=O) groups excluding carboxylic acids is 2. The van der Waals surface area contributed by atoms with Crippen LogP contribution in [-0.2, 0) is 4.79 Å². The first-order valence-electron chi connectivity index (χ1n) is 5.09. The van der Waals surface area contributed by atoms with E-state index < -0.39 is 0 Å². The molecule has 1 aliphatic heterocycles. The summed E-state index contributed by atoms with van der Waals surface area (Å²) in [5, 5.41) is 1.97. The molecule has 1 aromatic carbocycles. The molecular weight excluding hydrogens is 240 g/mol. The van der Waals surface area contributed by atoms with E-state index in [4.69, 9.17) is 11.6 Å². The zero-order valence-electron chi connectivity index (χ0n) is 9.24. The number of rotatable bonds is 2. The molecule has 0 saturated carbocycles. The number of amides is 1. The van der Waals surface area contributed by atoms with Gasteiger partial charge in [-0.1, -0.05) is 35.9 Å². The van der Waals surface area contributed by atoms with Gasteiger partial charge in [-0.15, -0.1) is 0 Å². The van der Waals surface area contributed by atoms with Gasteiger partial charge in [0.2, 0.25) is 5.91 Å². The first kappa shape index (κ1) is 11.7. The van der Waals surface area contributed by atoms with Crippen molar-refractivity contribution in [3.63, 3.8) is 0 Å². The van der Waals surface area contributed by atoms with E-state index in [9.17, 15) is 9.59 Å². The summed E-state index contributed by atoms with van der Waals surface area (Å²) in [5.74, 6) is -0.105. The lowest BCUT2D eigenvalue weighted by Crippen LogP contribution is -2.41. The molecule has 17 heavy (non-hydrogen) atoms. The Morgan fingerprint density at radius 3 is 2.59 bits per heavy atom. The van der Waals surface area contributed by atoms with Crippen molar-refractivity contribution in [3.8, 4) is 0 Å². The standard InChI is InChI=1S/C12H11ClN2O2/c1-15-12(13)10(6-11(17)14-15)9-4-2-8(7-16)3-5-9/h2-5,7H,6H2,1H3,(H,14,17). The van der Waals surface area contributed by atoms with Crippen LogP contribution in [0.25, 0.3) is 5.57 Å². The Balaban J connectivity index is 2.40. The fourth-order valence-electron chi connectivity index (χ4n) is 1.70. The van der Waals surface area contributed by atoms with Crippen molar-refractivity contribution >= 4 is 29.4 Å². The lowest BCUT2D eigenvalue weighted by Gasteiger charge is -2.27. The van der Waals surface area contributed by atoms with E-state index in [-0.39, 0.29) is 12.3 Å². The maximum Gasteiger partial charge on any atom is 0.243 e. The molecule has 1 N–H and O–H groups in total. The predicted molar refractivity (Wildman–Crippen MR) is 65.1 cm³/mol. The van der Waals surface area contributed by atoms with E-state index in [1.165, 1.54) is 5.01 Å². The van der Waals surface area contributed by atoms with Crippen LogP contribution in [0, 0.1) is 0 Å². The Labute approximate surface area is 104 Å². The normalized spacial score (nSPS) is 15.9. The molecule has 0 aromatic heterocycles. The number of nitrogens with zero attached hydrogens (tertiary/aromatic N) is 1. The first-order chi connectivity index (χ1) is 8.11. The van der Waals surface area contributed by atoms with Crippen molar-refractivity contribution in [2.75, 3.05) is 7.05 Å². The number of hydrogen-bond acceptors (Lipinski definition) is 3. The van der Waals surface area contributed by atoms with Crippen LogP contribution in [0.4, 0.5) is 0 Å². The minimum absolute atomic E-state index is 0.105. The number of hydrogen-bond donors (Lipinski definition) is 1. The quantitative estimate of drug-likeness (QED) is 0.643. The number of benzene rings is 1. The van der Waals surface area contributed by atoms with E-state index in [1.807, 2.05) is 0 Å². The number of nitrogens with one attached hydrogen (secondary N) is 1. The van der Waals surface area contributed by atoms with Crippen LogP contribution >= 0.6 is 11.6 Å². The fraction of sp³-hybridized carbons (Fsp3) is 0.167. The predicted octanol–water partition coefficient (Wildman–Crippen LogP) is 1.77. The average Bonchev–Trinajstić information content (AvgIpc) is 2.34. The van der Waals surface area contributed by atoms with Crippen molar-refractivity contribution in [2.45, 2.75) is 6.42 Å². The highest BCUT2D eigenvalue weighted by Gasteiger charge is 2.21. The third kappa shape index (κ3) is 2.31. The molecule has 2 rings (SSSR count). The van der Waals surface area contributed by atoms with Crippen LogP contribution in [0.2, 0.25) is 0 Å². The minimum atomic E-state index is -0.105. The molecule has 0 fully saturated rings. The number of aldehydes is 1. The lowest BCUT2D eigenvalue weighted by molar-refractivity contribution is -0.124. The van der Waals surface area contributed by atoms with Gasteiger partial charge in [-0.05, 0) is 5.56 Å². The Morgan fingerprint density at radius 1 is 1.35 bits per heavy atom. The molecule has 1 aromatic rings. The second kappa shape index (κ2) is 4.59. The van der Waals surface area contributed by atoms with Crippen molar-refractivity contribution in [3.05, 3.63) is 40.5 Å². The topological polar surface area (TPSA) is 49.4 Å². The van der Waals surface area contributed by atoms with Gasteiger partial charge in [-0.2, -0.15) is 0 Å². The van der Waals surface area contributed by atoms with Crippen molar-refractivity contribution in [1.29, 1.82) is 0 Å². The van der Waals surface area contributed by atoms with E-state index in [0.29, 0.717) is 10.7 Å². The minimum Gasteiger partial charge on any atom is -0.298 e. The van der Waals surface area contributed by atoms with Gasteiger partial charge in [0.1, 0.15) is 11.4 Å². The molecule has 0 spiro atoms. The fourth-order valence-corrected chi connectivity index (χ4v) is 1.91. The van der Waals surface area contributed by atoms with Gasteiger partial charge in [-0.25, -0.2) is 0 Å². The average molecular weight is 251 g/mol. The number of carbonyl (C=O) groups is 2. The monoisotopic (exact) mass is 250 g/mol.